The Labute approximate surface area is 183 Å². The van der Waals surface area contributed by atoms with E-state index in [2.05, 4.69) is 21.9 Å². The molecule has 0 fully saturated rings. The molecule has 32 heavy (non-hydrogen) atoms. The number of carbonyl (C=O) groups excluding carboxylic acids is 1. The number of nitrogens with one attached hydrogen (secondary N) is 1. The molecular weight excluding hydrogens is 412 g/mol. The SMILES string of the molecule is C=Cc1c(NC)cc(F)c(Cn2cnc3ccc(-c4ccc(C(N)=O)c(C)c4)nc32)c1F. The second-order valence-corrected chi connectivity index (χ2v) is 7.37. The fraction of sp³-hybridized carbons (Fsp3) is 0.125. The number of halogens is 2. The molecule has 0 aliphatic rings. The van der Waals surface area contributed by atoms with Gasteiger partial charge in [-0.05, 0) is 42.8 Å². The molecule has 1 amide bonds. The second-order valence-electron chi connectivity index (χ2n) is 7.37. The van der Waals surface area contributed by atoms with E-state index in [0.717, 1.165) is 11.1 Å². The molecule has 0 unspecified atom stereocenters. The number of fused-ring (bicyclic) bond motifs is 1. The quantitative estimate of drug-likeness (QED) is 0.468. The van der Waals surface area contributed by atoms with Crippen LogP contribution < -0.4 is 11.1 Å². The van der Waals surface area contributed by atoms with Gasteiger partial charge in [-0.15, -0.1) is 0 Å². The van der Waals surface area contributed by atoms with Gasteiger partial charge in [-0.1, -0.05) is 18.7 Å². The monoisotopic (exact) mass is 433 g/mol. The van der Waals surface area contributed by atoms with Crippen molar-refractivity contribution in [3.05, 3.63) is 83.2 Å². The van der Waals surface area contributed by atoms with Crippen LogP contribution >= 0.6 is 0 Å². The van der Waals surface area contributed by atoms with Crippen molar-refractivity contribution < 1.29 is 13.6 Å². The van der Waals surface area contributed by atoms with E-state index in [1.807, 2.05) is 6.07 Å². The summed E-state index contributed by atoms with van der Waals surface area (Å²) in [6.07, 6.45) is 2.85. The summed E-state index contributed by atoms with van der Waals surface area (Å²) in [6, 6.07) is 10.1. The van der Waals surface area contributed by atoms with Crippen molar-refractivity contribution in [2.75, 3.05) is 12.4 Å². The molecule has 0 radical (unpaired) electrons. The lowest BCUT2D eigenvalue weighted by molar-refractivity contribution is 0.0999. The lowest BCUT2D eigenvalue weighted by Crippen LogP contribution is -2.12. The summed E-state index contributed by atoms with van der Waals surface area (Å²) in [5.41, 5.74) is 9.47. The molecule has 0 saturated heterocycles. The molecule has 0 spiro atoms. The number of anilines is 1. The molecule has 2 heterocycles. The first-order chi connectivity index (χ1) is 15.3. The van der Waals surface area contributed by atoms with Gasteiger partial charge in [-0.2, -0.15) is 0 Å². The zero-order chi connectivity index (χ0) is 23.0. The lowest BCUT2D eigenvalue weighted by atomic mass is 10.0. The Balaban J connectivity index is 1.77. The van der Waals surface area contributed by atoms with Crippen molar-refractivity contribution in [2.24, 2.45) is 5.73 Å². The van der Waals surface area contributed by atoms with Crippen LogP contribution in [0.25, 0.3) is 28.5 Å². The minimum Gasteiger partial charge on any atom is -0.387 e. The summed E-state index contributed by atoms with van der Waals surface area (Å²) in [5, 5.41) is 2.77. The standard InChI is InChI=1S/C24H21F2N5O/c1-4-15-21(28-3)10-18(25)17(22(15)26)11-31-12-29-20-8-7-19(30-24(20)31)14-5-6-16(23(27)32)13(2)9-14/h4-10,12,28H,1,11H2,2-3H3,(H2,27,32). The summed E-state index contributed by atoms with van der Waals surface area (Å²) >= 11 is 0. The molecule has 4 rings (SSSR count). The molecule has 3 N–H and O–H groups in total. The number of amides is 1. The van der Waals surface area contributed by atoms with Gasteiger partial charge in [0.2, 0.25) is 5.91 Å². The maximum absolute atomic E-state index is 15.0. The van der Waals surface area contributed by atoms with Crippen LogP contribution in [-0.2, 0) is 6.54 Å². The third-order valence-corrected chi connectivity index (χ3v) is 5.40. The number of hydrogen-bond acceptors (Lipinski definition) is 4. The number of imidazole rings is 1. The van der Waals surface area contributed by atoms with E-state index in [1.54, 1.807) is 42.8 Å². The average Bonchev–Trinajstić information content (AvgIpc) is 3.17. The van der Waals surface area contributed by atoms with Crippen LogP contribution in [0.3, 0.4) is 0 Å². The number of aryl methyl sites for hydroxylation is 1. The summed E-state index contributed by atoms with van der Waals surface area (Å²) < 4.78 is 31.3. The minimum atomic E-state index is -0.681. The van der Waals surface area contributed by atoms with Crippen LogP contribution in [0.1, 0.15) is 27.0 Å². The van der Waals surface area contributed by atoms with Gasteiger partial charge in [-0.3, -0.25) is 4.79 Å². The number of benzene rings is 2. The Bertz CT molecular complexity index is 1380. The Morgan fingerprint density at radius 2 is 2.03 bits per heavy atom. The van der Waals surface area contributed by atoms with Crippen molar-refractivity contribution in [1.82, 2.24) is 14.5 Å². The number of aromatic nitrogens is 3. The van der Waals surface area contributed by atoms with Crippen LogP contribution in [-0.4, -0.2) is 27.5 Å². The Kier molecular flexibility index (Phi) is 5.44. The number of carbonyl (C=O) groups is 1. The maximum atomic E-state index is 15.0. The van der Waals surface area contributed by atoms with Crippen molar-refractivity contribution in [1.29, 1.82) is 0 Å². The van der Waals surface area contributed by atoms with Crippen LogP contribution in [0.4, 0.5) is 14.5 Å². The highest BCUT2D eigenvalue weighted by Crippen LogP contribution is 2.28. The highest BCUT2D eigenvalue weighted by Gasteiger charge is 2.18. The first-order valence-corrected chi connectivity index (χ1v) is 9.87. The highest BCUT2D eigenvalue weighted by molar-refractivity contribution is 5.95. The third kappa shape index (κ3) is 3.60. The van der Waals surface area contributed by atoms with E-state index >= 15 is 4.39 Å². The second kappa shape index (κ2) is 8.22. The van der Waals surface area contributed by atoms with Gasteiger partial charge < -0.3 is 15.6 Å². The maximum Gasteiger partial charge on any atom is 0.248 e. The largest absolute Gasteiger partial charge is 0.387 e. The number of nitrogens with zero attached hydrogens (tertiary/aromatic N) is 3. The summed E-state index contributed by atoms with van der Waals surface area (Å²) in [4.78, 5) is 20.5. The zero-order valence-corrected chi connectivity index (χ0v) is 17.6. The molecule has 0 atom stereocenters. The van der Waals surface area contributed by atoms with Crippen LogP contribution in [0.2, 0.25) is 0 Å². The van der Waals surface area contributed by atoms with E-state index in [-0.39, 0.29) is 17.7 Å². The van der Waals surface area contributed by atoms with Gasteiger partial charge >= 0.3 is 0 Å². The van der Waals surface area contributed by atoms with Gasteiger partial charge in [0.15, 0.2) is 5.65 Å². The highest BCUT2D eigenvalue weighted by atomic mass is 19.1. The van der Waals surface area contributed by atoms with Gasteiger partial charge in [0.1, 0.15) is 17.2 Å². The van der Waals surface area contributed by atoms with E-state index in [9.17, 15) is 9.18 Å². The van der Waals surface area contributed by atoms with Crippen molar-refractivity contribution in [3.8, 4) is 11.3 Å². The van der Waals surface area contributed by atoms with Crippen LogP contribution in [0.5, 0.6) is 0 Å². The first kappa shape index (κ1) is 21.2. The van der Waals surface area contributed by atoms with Gasteiger partial charge in [0.05, 0.1) is 18.6 Å². The Hall–Kier alpha value is -4.07. The molecule has 4 aromatic rings. The minimum absolute atomic E-state index is 0.0882. The Morgan fingerprint density at radius 3 is 2.69 bits per heavy atom. The zero-order valence-electron chi connectivity index (χ0n) is 17.6. The van der Waals surface area contributed by atoms with Gasteiger partial charge in [-0.25, -0.2) is 18.7 Å². The Morgan fingerprint density at radius 1 is 1.25 bits per heavy atom. The molecule has 2 aromatic heterocycles. The molecule has 0 aliphatic carbocycles. The molecule has 0 aliphatic heterocycles. The molecule has 6 nitrogen and oxygen atoms in total. The van der Waals surface area contributed by atoms with E-state index in [1.165, 1.54) is 18.5 Å². The molecule has 0 bridgehead atoms. The number of hydrogen-bond donors (Lipinski definition) is 2. The molecule has 2 aromatic carbocycles. The van der Waals surface area contributed by atoms with E-state index in [4.69, 9.17) is 5.73 Å². The smallest absolute Gasteiger partial charge is 0.248 e. The van der Waals surface area contributed by atoms with E-state index < -0.39 is 17.5 Å². The number of nitrogens with two attached hydrogens (primary N) is 1. The summed E-state index contributed by atoms with van der Waals surface area (Å²) in [5.74, 6) is -1.85. The predicted molar refractivity (Wildman–Crippen MR) is 121 cm³/mol. The molecular formula is C24H21F2N5O. The van der Waals surface area contributed by atoms with Crippen molar-refractivity contribution in [3.63, 3.8) is 0 Å². The summed E-state index contributed by atoms with van der Waals surface area (Å²) in [7, 11) is 1.59. The fourth-order valence-electron chi connectivity index (χ4n) is 3.71. The lowest BCUT2D eigenvalue weighted by Gasteiger charge is -2.13. The van der Waals surface area contributed by atoms with Crippen molar-refractivity contribution >= 4 is 28.8 Å². The number of primary amides is 1. The first-order valence-electron chi connectivity index (χ1n) is 9.87. The van der Waals surface area contributed by atoms with E-state index in [0.29, 0.717) is 28.1 Å². The molecule has 0 saturated carbocycles. The van der Waals surface area contributed by atoms with Crippen LogP contribution in [0.15, 0.2) is 49.3 Å². The summed E-state index contributed by atoms with van der Waals surface area (Å²) in [6.45, 7) is 5.33. The topological polar surface area (TPSA) is 85.8 Å². The van der Waals surface area contributed by atoms with Gasteiger partial charge in [0.25, 0.3) is 0 Å². The fourth-order valence-corrected chi connectivity index (χ4v) is 3.71. The number of pyridine rings is 1. The predicted octanol–water partition coefficient (Wildman–Crippen LogP) is 4.52. The normalized spacial score (nSPS) is 11.0. The van der Waals surface area contributed by atoms with Crippen molar-refractivity contribution in [2.45, 2.75) is 13.5 Å². The number of rotatable bonds is 6. The van der Waals surface area contributed by atoms with Crippen LogP contribution in [0, 0.1) is 18.6 Å². The third-order valence-electron chi connectivity index (χ3n) is 5.40. The average molecular weight is 433 g/mol. The van der Waals surface area contributed by atoms with Gasteiger partial charge in [0, 0.05) is 35.0 Å². The molecule has 8 heteroatoms. The molecule has 162 valence electrons.